The van der Waals surface area contributed by atoms with E-state index in [0.29, 0.717) is 6.54 Å². The number of nitrogens with zero attached hydrogens (tertiary/aromatic N) is 2. The van der Waals surface area contributed by atoms with Gasteiger partial charge in [-0.3, -0.25) is 14.5 Å². The van der Waals surface area contributed by atoms with Crippen LogP contribution in [0.25, 0.3) is 0 Å². The molecule has 1 aromatic carbocycles. The van der Waals surface area contributed by atoms with Gasteiger partial charge in [0.2, 0.25) is 11.8 Å². The van der Waals surface area contributed by atoms with E-state index in [-0.39, 0.29) is 18.4 Å². The number of para-hydroxylation sites is 1. The summed E-state index contributed by atoms with van der Waals surface area (Å²) in [4.78, 5) is 28.3. The summed E-state index contributed by atoms with van der Waals surface area (Å²) in [6.45, 7) is 6.39. The first-order valence-electron chi connectivity index (χ1n) is 8.80. The number of nitrogens with one attached hydrogen (secondary N) is 1. The van der Waals surface area contributed by atoms with Crippen LogP contribution >= 0.6 is 0 Å². The van der Waals surface area contributed by atoms with Crippen LogP contribution in [0, 0.1) is 13.8 Å². The Morgan fingerprint density at radius 2 is 1.67 bits per heavy atom. The lowest BCUT2D eigenvalue weighted by Crippen LogP contribution is -2.42. The fourth-order valence-corrected chi connectivity index (χ4v) is 3.10. The number of hydrogen-bond acceptors (Lipinski definition) is 3. The molecule has 1 N–H and O–H groups in total. The Balaban J connectivity index is 1.85. The van der Waals surface area contributed by atoms with Gasteiger partial charge < -0.3 is 10.2 Å². The molecule has 5 heteroatoms. The van der Waals surface area contributed by atoms with Gasteiger partial charge in [-0.1, -0.05) is 31.0 Å². The molecule has 0 atom stereocenters. The Morgan fingerprint density at radius 1 is 1.08 bits per heavy atom. The maximum atomic E-state index is 12.3. The van der Waals surface area contributed by atoms with Crippen LogP contribution in [0.1, 0.15) is 36.8 Å². The van der Waals surface area contributed by atoms with Crippen molar-refractivity contribution >= 4 is 17.5 Å². The maximum Gasteiger partial charge on any atom is 0.243 e. The number of likely N-dealkylation sites (N-methyl/N-ethyl adjacent to an activating group) is 1. The van der Waals surface area contributed by atoms with Gasteiger partial charge in [-0.2, -0.15) is 0 Å². The van der Waals surface area contributed by atoms with E-state index in [2.05, 4.69) is 10.2 Å². The summed E-state index contributed by atoms with van der Waals surface area (Å²) >= 11 is 0. The number of carbonyl (C=O) groups excluding carboxylic acids is 2. The highest BCUT2D eigenvalue weighted by molar-refractivity contribution is 5.95. The zero-order valence-electron chi connectivity index (χ0n) is 15.1. The van der Waals surface area contributed by atoms with E-state index in [1.54, 1.807) is 7.05 Å². The molecule has 1 heterocycles. The van der Waals surface area contributed by atoms with Gasteiger partial charge in [0.1, 0.15) is 0 Å². The van der Waals surface area contributed by atoms with Crippen molar-refractivity contribution < 1.29 is 9.59 Å². The molecule has 0 bridgehead atoms. The van der Waals surface area contributed by atoms with E-state index >= 15 is 0 Å². The van der Waals surface area contributed by atoms with Crippen molar-refractivity contribution in [3.63, 3.8) is 0 Å². The van der Waals surface area contributed by atoms with Crippen molar-refractivity contribution in [2.24, 2.45) is 0 Å². The monoisotopic (exact) mass is 331 g/mol. The highest BCUT2D eigenvalue weighted by atomic mass is 16.2. The second-order valence-corrected chi connectivity index (χ2v) is 6.76. The minimum atomic E-state index is -0.154. The van der Waals surface area contributed by atoms with Crippen LogP contribution < -0.4 is 5.32 Å². The predicted octanol–water partition coefficient (Wildman–Crippen LogP) is 2.58. The summed E-state index contributed by atoms with van der Waals surface area (Å²) in [7, 11) is 1.70. The van der Waals surface area contributed by atoms with Crippen LogP contribution in [-0.2, 0) is 9.59 Å². The smallest absolute Gasteiger partial charge is 0.243 e. The molecule has 132 valence electrons. The van der Waals surface area contributed by atoms with Crippen LogP contribution in [0.15, 0.2) is 18.2 Å². The first-order chi connectivity index (χ1) is 11.5. The second kappa shape index (κ2) is 8.83. The number of aryl methyl sites for hydroxylation is 2. The highest BCUT2D eigenvalue weighted by Crippen LogP contribution is 2.19. The summed E-state index contributed by atoms with van der Waals surface area (Å²) in [6, 6.07) is 5.91. The summed E-state index contributed by atoms with van der Waals surface area (Å²) in [5.41, 5.74) is 2.90. The van der Waals surface area contributed by atoms with Crippen molar-refractivity contribution in [1.82, 2.24) is 9.80 Å². The normalized spacial score (nSPS) is 15.6. The van der Waals surface area contributed by atoms with E-state index in [1.807, 2.05) is 32.0 Å². The maximum absolute atomic E-state index is 12.3. The van der Waals surface area contributed by atoms with E-state index in [9.17, 15) is 9.59 Å². The molecular formula is C19H29N3O2. The summed E-state index contributed by atoms with van der Waals surface area (Å²) in [5.74, 6) is -0.146. The summed E-state index contributed by atoms with van der Waals surface area (Å²) < 4.78 is 0. The van der Waals surface area contributed by atoms with E-state index < -0.39 is 0 Å². The highest BCUT2D eigenvalue weighted by Gasteiger charge is 2.18. The molecule has 1 fully saturated rings. The van der Waals surface area contributed by atoms with Gasteiger partial charge in [0.25, 0.3) is 0 Å². The number of hydrogen-bond donors (Lipinski definition) is 1. The van der Waals surface area contributed by atoms with Crippen LogP contribution in [-0.4, -0.2) is 54.8 Å². The molecule has 0 spiro atoms. The fourth-order valence-electron chi connectivity index (χ4n) is 3.10. The standard InChI is InChI=1S/C19H29N3O2/c1-15-9-8-10-16(2)19(15)20-17(23)13-21(3)18(24)14-22-11-6-4-5-7-12-22/h8-10H,4-7,11-14H2,1-3H3,(H,20,23). The number of benzene rings is 1. The summed E-state index contributed by atoms with van der Waals surface area (Å²) in [6.07, 6.45) is 4.81. The van der Waals surface area contributed by atoms with Crippen molar-refractivity contribution in [2.45, 2.75) is 39.5 Å². The first-order valence-corrected chi connectivity index (χ1v) is 8.80. The molecule has 0 aliphatic carbocycles. The third kappa shape index (κ3) is 5.34. The lowest BCUT2D eigenvalue weighted by molar-refractivity contribution is -0.134. The van der Waals surface area contributed by atoms with Crippen molar-refractivity contribution in [3.8, 4) is 0 Å². The van der Waals surface area contributed by atoms with Crippen LogP contribution in [0.3, 0.4) is 0 Å². The summed E-state index contributed by atoms with van der Waals surface area (Å²) in [5, 5.41) is 2.93. The molecule has 2 rings (SSSR count). The molecule has 2 amide bonds. The van der Waals surface area contributed by atoms with Crippen LogP contribution in [0.4, 0.5) is 5.69 Å². The van der Waals surface area contributed by atoms with Gasteiger partial charge in [0, 0.05) is 12.7 Å². The minimum Gasteiger partial charge on any atom is -0.335 e. The average molecular weight is 331 g/mol. The first kappa shape index (κ1) is 18.5. The predicted molar refractivity (Wildman–Crippen MR) is 97.1 cm³/mol. The number of anilines is 1. The lowest BCUT2D eigenvalue weighted by Gasteiger charge is -2.23. The Bertz CT molecular complexity index is 558. The zero-order chi connectivity index (χ0) is 17.5. The Hall–Kier alpha value is -1.88. The molecule has 0 aromatic heterocycles. The number of amides is 2. The van der Waals surface area contributed by atoms with Gasteiger partial charge in [-0.25, -0.2) is 0 Å². The molecule has 0 radical (unpaired) electrons. The van der Waals surface area contributed by atoms with Crippen LogP contribution in [0.2, 0.25) is 0 Å². The van der Waals surface area contributed by atoms with Gasteiger partial charge in [-0.05, 0) is 50.9 Å². The molecule has 0 unspecified atom stereocenters. The minimum absolute atomic E-state index is 0.00792. The zero-order valence-corrected chi connectivity index (χ0v) is 15.1. The number of rotatable bonds is 5. The van der Waals surface area contributed by atoms with Crippen molar-refractivity contribution in [3.05, 3.63) is 29.3 Å². The largest absolute Gasteiger partial charge is 0.335 e. The van der Waals surface area contributed by atoms with Crippen molar-refractivity contribution in [1.29, 1.82) is 0 Å². The van der Waals surface area contributed by atoms with E-state index in [4.69, 9.17) is 0 Å². The quantitative estimate of drug-likeness (QED) is 0.902. The molecular weight excluding hydrogens is 302 g/mol. The Morgan fingerprint density at radius 3 is 2.25 bits per heavy atom. The molecule has 5 nitrogen and oxygen atoms in total. The lowest BCUT2D eigenvalue weighted by atomic mass is 10.1. The third-order valence-electron chi connectivity index (χ3n) is 4.61. The SMILES string of the molecule is Cc1cccc(C)c1NC(=O)CN(C)C(=O)CN1CCCCCC1. The fraction of sp³-hybridized carbons (Fsp3) is 0.579. The van der Waals surface area contributed by atoms with Crippen molar-refractivity contribution in [2.75, 3.05) is 38.5 Å². The topological polar surface area (TPSA) is 52.7 Å². The molecule has 1 saturated heterocycles. The average Bonchev–Trinajstić information content (AvgIpc) is 2.79. The van der Waals surface area contributed by atoms with Gasteiger partial charge in [-0.15, -0.1) is 0 Å². The molecule has 1 aliphatic rings. The Labute approximate surface area is 145 Å². The third-order valence-corrected chi connectivity index (χ3v) is 4.61. The molecule has 1 aliphatic heterocycles. The second-order valence-electron chi connectivity index (χ2n) is 6.76. The van der Waals surface area contributed by atoms with Gasteiger partial charge in [0.05, 0.1) is 13.1 Å². The number of likely N-dealkylation sites (tertiary alicyclic amines) is 1. The molecule has 0 saturated carbocycles. The van der Waals surface area contributed by atoms with Crippen LogP contribution in [0.5, 0.6) is 0 Å². The van der Waals surface area contributed by atoms with E-state index in [0.717, 1.165) is 42.7 Å². The van der Waals surface area contributed by atoms with Gasteiger partial charge >= 0.3 is 0 Å². The molecule has 1 aromatic rings. The van der Waals surface area contributed by atoms with Gasteiger partial charge in [0.15, 0.2) is 0 Å². The van der Waals surface area contributed by atoms with E-state index in [1.165, 1.54) is 17.7 Å². The molecule has 24 heavy (non-hydrogen) atoms. The number of carbonyl (C=O) groups is 2. The Kier molecular flexibility index (Phi) is 6.79.